The van der Waals surface area contributed by atoms with E-state index in [0.29, 0.717) is 0 Å². The van der Waals surface area contributed by atoms with Gasteiger partial charge in [0.05, 0.1) is 0 Å². The molecule has 0 fully saturated rings. The van der Waals surface area contributed by atoms with Gasteiger partial charge < -0.3 is 0 Å². The van der Waals surface area contributed by atoms with Crippen LogP contribution in [0.4, 0.5) is 0 Å². The van der Waals surface area contributed by atoms with E-state index in [9.17, 15) is 0 Å². The second kappa shape index (κ2) is 5.81. The highest BCUT2D eigenvalue weighted by molar-refractivity contribution is 7.15. The van der Waals surface area contributed by atoms with E-state index in [0.717, 1.165) is 0 Å². The lowest BCUT2D eigenvalue weighted by atomic mass is 10.1. The van der Waals surface area contributed by atoms with Crippen molar-refractivity contribution < 1.29 is 0 Å². The molecule has 0 spiro atoms. The van der Waals surface area contributed by atoms with E-state index in [2.05, 4.69) is 119 Å². The van der Waals surface area contributed by atoms with Gasteiger partial charge in [0, 0.05) is 0 Å². The normalized spacial score (nSPS) is 19.2. The SMILES string of the molecule is CC(C)(C)[Si]1(C(C)(C)C)c2cccc3c2-c2c1cccc2[Si]3(C(C)(C)C)C(C)(C)C. The molecule has 2 heterocycles. The minimum atomic E-state index is -2.03. The van der Waals surface area contributed by atoms with Crippen molar-refractivity contribution >= 4 is 36.9 Å². The van der Waals surface area contributed by atoms with Crippen LogP contribution in [0.1, 0.15) is 83.1 Å². The van der Waals surface area contributed by atoms with Gasteiger partial charge in [0.1, 0.15) is 16.1 Å². The summed E-state index contributed by atoms with van der Waals surface area (Å²) in [5, 5.41) is 7.94. The first-order valence-corrected chi connectivity index (χ1v) is 15.7. The molecule has 0 aliphatic carbocycles. The highest BCUT2D eigenvalue weighted by Gasteiger charge is 2.67. The summed E-state index contributed by atoms with van der Waals surface area (Å²) in [4.78, 5) is 0. The molecule has 2 aliphatic rings. The van der Waals surface area contributed by atoms with E-state index in [1.165, 1.54) is 0 Å². The number of hydrogen-bond acceptors (Lipinski definition) is 0. The minimum absolute atomic E-state index is 0.257. The molecule has 0 amide bonds. The summed E-state index contributed by atoms with van der Waals surface area (Å²) >= 11 is 0. The molecule has 4 rings (SSSR count). The van der Waals surface area contributed by atoms with Crippen molar-refractivity contribution in [3.63, 3.8) is 0 Å². The Labute approximate surface area is 187 Å². The van der Waals surface area contributed by atoms with Crippen LogP contribution in [0.25, 0.3) is 11.1 Å². The third-order valence-electron chi connectivity index (χ3n) is 8.49. The predicted molar refractivity (Wildman–Crippen MR) is 141 cm³/mol. The van der Waals surface area contributed by atoms with E-state index < -0.39 is 16.1 Å². The van der Waals surface area contributed by atoms with Gasteiger partial charge in [0.25, 0.3) is 0 Å². The molecule has 0 bridgehead atoms. The Hall–Kier alpha value is -1.13. The van der Waals surface area contributed by atoms with Gasteiger partial charge in [-0.05, 0) is 52.0 Å². The molecule has 0 N–H and O–H groups in total. The Bertz CT molecular complexity index is 868. The van der Waals surface area contributed by atoms with Crippen LogP contribution in [0.2, 0.25) is 20.2 Å². The number of benzene rings is 2. The van der Waals surface area contributed by atoms with Gasteiger partial charge in [0.2, 0.25) is 0 Å². The topological polar surface area (TPSA) is 0 Å². The van der Waals surface area contributed by atoms with Gasteiger partial charge >= 0.3 is 0 Å². The Kier molecular flexibility index (Phi) is 4.27. The summed E-state index contributed by atoms with van der Waals surface area (Å²) in [6, 6.07) is 15.0. The molecule has 162 valence electrons. The monoisotopic (exact) mass is 434 g/mol. The highest BCUT2D eigenvalue weighted by atomic mass is 28.3. The van der Waals surface area contributed by atoms with Gasteiger partial charge in [-0.3, -0.25) is 0 Å². The van der Waals surface area contributed by atoms with Crippen molar-refractivity contribution in [1.29, 1.82) is 0 Å². The minimum Gasteiger partial charge on any atom is -0.0624 e. The molecule has 0 radical (unpaired) electrons. The van der Waals surface area contributed by atoms with Crippen molar-refractivity contribution in [2.45, 2.75) is 103 Å². The fraction of sp³-hybridized carbons (Fsp3) is 0.571. The lowest BCUT2D eigenvalue weighted by Gasteiger charge is -2.54. The fourth-order valence-corrected chi connectivity index (χ4v) is 24.4. The van der Waals surface area contributed by atoms with Gasteiger partial charge in [0.15, 0.2) is 0 Å². The molecule has 2 aliphatic heterocycles. The molecule has 2 heteroatoms. The van der Waals surface area contributed by atoms with Crippen LogP contribution in [-0.2, 0) is 0 Å². The first kappa shape index (κ1) is 22.1. The van der Waals surface area contributed by atoms with Crippen molar-refractivity contribution in [2.24, 2.45) is 0 Å². The Morgan fingerprint density at radius 3 is 0.767 bits per heavy atom. The van der Waals surface area contributed by atoms with Crippen molar-refractivity contribution in [3.05, 3.63) is 36.4 Å². The van der Waals surface area contributed by atoms with E-state index in [1.807, 2.05) is 0 Å². The van der Waals surface area contributed by atoms with Crippen LogP contribution in [0.5, 0.6) is 0 Å². The molecule has 0 saturated carbocycles. The maximum Gasteiger partial charge on any atom is 0.130 e. The van der Waals surface area contributed by atoms with Crippen LogP contribution in [0.15, 0.2) is 36.4 Å². The van der Waals surface area contributed by atoms with E-state index in [4.69, 9.17) is 0 Å². The van der Waals surface area contributed by atoms with E-state index in [1.54, 1.807) is 31.9 Å². The van der Waals surface area contributed by atoms with E-state index >= 15 is 0 Å². The zero-order valence-electron chi connectivity index (χ0n) is 21.5. The standard InChI is InChI=1S/C28H42Si2/c1-25(2,3)29(26(4,5)6)19-15-13-17-21-23(19)24-20(29)16-14-18-22(24)30(21,27(7,8)9)28(10,11)12/h13-18H,1-12H3. The summed E-state index contributed by atoms with van der Waals surface area (Å²) < 4.78 is 0. The smallest absolute Gasteiger partial charge is 0.0624 e. The second-order valence-electron chi connectivity index (χ2n) is 14.0. The highest BCUT2D eigenvalue weighted by Crippen LogP contribution is 2.59. The summed E-state index contributed by atoms with van der Waals surface area (Å²) in [5.74, 6) is 0. The molecule has 2 aromatic carbocycles. The third kappa shape index (κ3) is 2.18. The summed E-state index contributed by atoms with van der Waals surface area (Å²) in [7, 11) is -4.05. The zero-order valence-corrected chi connectivity index (χ0v) is 23.5. The number of rotatable bonds is 0. The lowest BCUT2D eigenvalue weighted by molar-refractivity contribution is 0.636. The van der Waals surface area contributed by atoms with Crippen LogP contribution in [0.3, 0.4) is 0 Å². The maximum absolute atomic E-state index is 2.53. The maximum atomic E-state index is 2.53. The lowest BCUT2D eigenvalue weighted by Crippen LogP contribution is -2.72. The summed E-state index contributed by atoms with van der Waals surface area (Å²) in [5.41, 5.74) is 3.35. The predicted octanol–water partition coefficient (Wildman–Crippen LogP) is 6.31. The van der Waals surface area contributed by atoms with Crippen LogP contribution >= 0.6 is 0 Å². The van der Waals surface area contributed by atoms with Crippen molar-refractivity contribution in [3.8, 4) is 11.1 Å². The summed E-state index contributed by atoms with van der Waals surface area (Å²) in [6.45, 7) is 30.2. The molecular formula is C28H42Si2. The van der Waals surface area contributed by atoms with E-state index in [-0.39, 0.29) is 20.2 Å². The van der Waals surface area contributed by atoms with Crippen LogP contribution in [0, 0.1) is 0 Å². The Balaban J connectivity index is 2.30. The van der Waals surface area contributed by atoms with Gasteiger partial charge in [-0.1, -0.05) is 119 Å². The van der Waals surface area contributed by atoms with Crippen LogP contribution in [-0.4, -0.2) is 16.1 Å². The zero-order chi connectivity index (χ0) is 22.7. The number of hydrogen-bond donors (Lipinski definition) is 0. The average molecular weight is 435 g/mol. The van der Waals surface area contributed by atoms with Crippen LogP contribution < -0.4 is 20.7 Å². The Morgan fingerprint density at radius 2 is 0.600 bits per heavy atom. The molecule has 0 atom stereocenters. The van der Waals surface area contributed by atoms with Gasteiger partial charge in [-0.25, -0.2) is 0 Å². The average Bonchev–Trinajstić information content (AvgIpc) is 3.01. The molecule has 0 unspecified atom stereocenters. The summed E-state index contributed by atoms with van der Waals surface area (Å²) in [6.07, 6.45) is 0. The first-order chi connectivity index (χ1) is 13.5. The van der Waals surface area contributed by atoms with Gasteiger partial charge in [-0.2, -0.15) is 0 Å². The van der Waals surface area contributed by atoms with Crippen molar-refractivity contribution in [1.82, 2.24) is 0 Å². The Morgan fingerprint density at radius 1 is 0.400 bits per heavy atom. The largest absolute Gasteiger partial charge is 0.130 e. The van der Waals surface area contributed by atoms with Gasteiger partial charge in [-0.15, -0.1) is 0 Å². The van der Waals surface area contributed by atoms with Crippen molar-refractivity contribution in [2.75, 3.05) is 0 Å². The third-order valence-corrected chi connectivity index (χ3v) is 22.4. The molecule has 0 aromatic heterocycles. The fourth-order valence-electron chi connectivity index (χ4n) is 8.67. The molecule has 30 heavy (non-hydrogen) atoms. The molecule has 0 saturated heterocycles. The molecule has 2 aromatic rings. The second-order valence-corrected chi connectivity index (χ2v) is 25.1. The first-order valence-electron chi connectivity index (χ1n) is 11.7. The molecule has 0 nitrogen and oxygen atoms in total. The quantitative estimate of drug-likeness (QED) is 0.426. The molecular weight excluding hydrogens is 392 g/mol.